The number of hydrogen-bond donors (Lipinski definition) is 2. The Labute approximate surface area is 152 Å². The molecule has 0 fully saturated rings. The van der Waals surface area contributed by atoms with Crippen molar-refractivity contribution in [2.45, 2.75) is 20.0 Å². The Morgan fingerprint density at radius 3 is 2.62 bits per heavy atom. The van der Waals surface area contributed by atoms with E-state index in [4.69, 9.17) is 4.42 Å². The maximum atomic E-state index is 13.2. The summed E-state index contributed by atoms with van der Waals surface area (Å²) in [4.78, 5) is 8.64. The molecule has 0 radical (unpaired) electrons. The second kappa shape index (κ2) is 8.29. The molecule has 3 aromatic rings. The number of aromatic nitrogens is 1. The fourth-order valence-electron chi connectivity index (χ4n) is 2.44. The first-order valence-corrected chi connectivity index (χ1v) is 8.34. The number of guanidine groups is 1. The van der Waals surface area contributed by atoms with Crippen molar-refractivity contribution in [2.75, 3.05) is 7.05 Å². The zero-order valence-electron chi connectivity index (χ0n) is 14.8. The van der Waals surface area contributed by atoms with E-state index < -0.39 is 0 Å². The van der Waals surface area contributed by atoms with Gasteiger partial charge in [0, 0.05) is 19.2 Å². The van der Waals surface area contributed by atoms with E-state index in [1.807, 2.05) is 37.3 Å². The first kappa shape index (κ1) is 17.7. The Morgan fingerprint density at radius 2 is 1.88 bits per heavy atom. The lowest BCUT2D eigenvalue weighted by Crippen LogP contribution is -2.36. The normalized spacial score (nSPS) is 11.4. The zero-order valence-corrected chi connectivity index (χ0v) is 14.8. The number of oxazole rings is 1. The fraction of sp³-hybridized carbons (Fsp3) is 0.200. The highest BCUT2D eigenvalue weighted by molar-refractivity contribution is 5.79. The first-order valence-electron chi connectivity index (χ1n) is 8.34. The van der Waals surface area contributed by atoms with Crippen LogP contribution in [0.3, 0.4) is 0 Å². The van der Waals surface area contributed by atoms with E-state index >= 15 is 0 Å². The maximum absolute atomic E-state index is 13.2. The number of nitrogens with zero attached hydrogens (tertiary/aromatic N) is 2. The predicted molar refractivity (Wildman–Crippen MR) is 100 cm³/mol. The molecule has 0 bridgehead atoms. The van der Waals surface area contributed by atoms with Crippen LogP contribution in [0.2, 0.25) is 0 Å². The summed E-state index contributed by atoms with van der Waals surface area (Å²) in [7, 11) is 1.68. The van der Waals surface area contributed by atoms with Gasteiger partial charge in [-0.15, -0.1) is 0 Å². The molecule has 0 atom stereocenters. The fourth-order valence-corrected chi connectivity index (χ4v) is 2.44. The SMILES string of the molecule is CN=C(NCc1cccc(F)c1)NCc1coc(-c2ccc(C)cc2)n1. The summed E-state index contributed by atoms with van der Waals surface area (Å²) in [5.41, 5.74) is 3.75. The van der Waals surface area contributed by atoms with Crippen LogP contribution in [0, 0.1) is 12.7 Å². The van der Waals surface area contributed by atoms with E-state index in [1.165, 1.54) is 17.7 Å². The lowest BCUT2D eigenvalue weighted by atomic mass is 10.1. The van der Waals surface area contributed by atoms with Gasteiger partial charge in [-0.2, -0.15) is 0 Å². The molecule has 0 unspecified atom stereocenters. The van der Waals surface area contributed by atoms with Gasteiger partial charge in [-0.1, -0.05) is 29.8 Å². The van der Waals surface area contributed by atoms with Crippen LogP contribution in [0.5, 0.6) is 0 Å². The largest absolute Gasteiger partial charge is 0.444 e. The van der Waals surface area contributed by atoms with Crippen molar-refractivity contribution < 1.29 is 8.81 Å². The van der Waals surface area contributed by atoms with Gasteiger partial charge in [0.1, 0.15) is 12.1 Å². The standard InChI is InChI=1S/C20H21FN4O/c1-14-6-8-16(9-7-14)19-25-18(13-26-19)12-24-20(22-2)23-11-15-4-3-5-17(21)10-15/h3-10,13H,11-12H2,1-2H3,(H2,22,23,24). The lowest BCUT2D eigenvalue weighted by Gasteiger charge is -2.10. The molecule has 0 aliphatic rings. The average Bonchev–Trinajstić information content (AvgIpc) is 3.11. The van der Waals surface area contributed by atoms with E-state index in [0.29, 0.717) is 24.9 Å². The van der Waals surface area contributed by atoms with Crippen molar-refractivity contribution >= 4 is 5.96 Å². The molecule has 26 heavy (non-hydrogen) atoms. The van der Waals surface area contributed by atoms with E-state index in [1.54, 1.807) is 19.4 Å². The second-order valence-electron chi connectivity index (χ2n) is 5.92. The molecule has 134 valence electrons. The summed E-state index contributed by atoms with van der Waals surface area (Å²) in [5.74, 6) is 0.942. The number of hydrogen-bond acceptors (Lipinski definition) is 3. The number of rotatable bonds is 5. The number of benzene rings is 2. The van der Waals surface area contributed by atoms with Crippen molar-refractivity contribution in [1.29, 1.82) is 0 Å². The molecule has 0 aliphatic carbocycles. The van der Waals surface area contributed by atoms with Crippen LogP contribution >= 0.6 is 0 Å². The van der Waals surface area contributed by atoms with Gasteiger partial charge in [0.25, 0.3) is 0 Å². The van der Waals surface area contributed by atoms with E-state index in [-0.39, 0.29) is 5.82 Å². The monoisotopic (exact) mass is 352 g/mol. The van der Waals surface area contributed by atoms with Crippen molar-refractivity contribution in [2.24, 2.45) is 4.99 Å². The Hall–Kier alpha value is -3.15. The minimum Gasteiger partial charge on any atom is -0.444 e. The molecular weight excluding hydrogens is 331 g/mol. The minimum absolute atomic E-state index is 0.251. The van der Waals surface area contributed by atoms with Gasteiger partial charge in [-0.05, 0) is 36.8 Å². The highest BCUT2D eigenvalue weighted by atomic mass is 19.1. The van der Waals surface area contributed by atoms with Gasteiger partial charge >= 0.3 is 0 Å². The van der Waals surface area contributed by atoms with E-state index in [9.17, 15) is 4.39 Å². The molecule has 0 amide bonds. The molecule has 0 spiro atoms. The molecule has 1 heterocycles. The Balaban J connectivity index is 1.55. The predicted octanol–water partition coefficient (Wildman–Crippen LogP) is 3.65. The number of nitrogens with one attached hydrogen (secondary N) is 2. The third kappa shape index (κ3) is 4.69. The molecule has 6 heteroatoms. The van der Waals surface area contributed by atoms with Crippen LogP contribution in [0.15, 0.2) is 64.2 Å². The van der Waals surface area contributed by atoms with E-state index in [2.05, 4.69) is 20.6 Å². The molecule has 0 saturated heterocycles. The van der Waals surface area contributed by atoms with Crippen molar-refractivity contribution in [3.8, 4) is 11.5 Å². The Morgan fingerprint density at radius 1 is 1.12 bits per heavy atom. The summed E-state index contributed by atoms with van der Waals surface area (Å²) < 4.78 is 18.8. The minimum atomic E-state index is -0.251. The summed E-state index contributed by atoms with van der Waals surface area (Å²) in [6.07, 6.45) is 1.63. The van der Waals surface area contributed by atoms with Crippen LogP contribution in [0.4, 0.5) is 4.39 Å². The van der Waals surface area contributed by atoms with Crippen LogP contribution in [-0.2, 0) is 13.1 Å². The molecule has 1 aromatic heterocycles. The van der Waals surface area contributed by atoms with Crippen molar-refractivity contribution in [3.63, 3.8) is 0 Å². The van der Waals surface area contributed by atoms with Crippen molar-refractivity contribution in [1.82, 2.24) is 15.6 Å². The number of aryl methyl sites for hydroxylation is 1. The van der Waals surface area contributed by atoms with Crippen LogP contribution in [0.25, 0.3) is 11.5 Å². The molecule has 2 aromatic carbocycles. The lowest BCUT2D eigenvalue weighted by molar-refractivity contribution is 0.572. The molecule has 3 rings (SSSR count). The Kier molecular flexibility index (Phi) is 5.63. The molecule has 0 saturated carbocycles. The highest BCUT2D eigenvalue weighted by Gasteiger charge is 2.07. The summed E-state index contributed by atoms with van der Waals surface area (Å²) in [6.45, 7) is 2.99. The third-order valence-electron chi connectivity index (χ3n) is 3.86. The number of aliphatic imine (C=N–C) groups is 1. The van der Waals surface area contributed by atoms with E-state index in [0.717, 1.165) is 16.8 Å². The highest BCUT2D eigenvalue weighted by Crippen LogP contribution is 2.18. The van der Waals surface area contributed by atoms with Crippen LogP contribution in [-0.4, -0.2) is 18.0 Å². The van der Waals surface area contributed by atoms with Gasteiger partial charge in [0.05, 0.1) is 12.2 Å². The first-order chi connectivity index (χ1) is 12.6. The van der Waals surface area contributed by atoms with Gasteiger partial charge in [-0.25, -0.2) is 9.37 Å². The molecule has 0 aliphatic heterocycles. The van der Waals surface area contributed by atoms with Crippen molar-refractivity contribution in [3.05, 3.63) is 77.4 Å². The summed E-state index contributed by atoms with van der Waals surface area (Å²) in [5, 5.41) is 6.31. The summed E-state index contributed by atoms with van der Waals surface area (Å²) in [6, 6.07) is 14.5. The quantitative estimate of drug-likeness (QED) is 0.543. The summed E-state index contributed by atoms with van der Waals surface area (Å²) >= 11 is 0. The molecule has 5 nitrogen and oxygen atoms in total. The van der Waals surface area contributed by atoms with Gasteiger partial charge in [0.15, 0.2) is 5.96 Å². The third-order valence-corrected chi connectivity index (χ3v) is 3.86. The topological polar surface area (TPSA) is 62.5 Å². The zero-order chi connectivity index (χ0) is 18.4. The van der Waals surface area contributed by atoms with Gasteiger partial charge in [0.2, 0.25) is 5.89 Å². The Bertz CT molecular complexity index is 887. The van der Waals surface area contributed by atoms with Crippen LogP contribution < -0.4 is 10.6 Å². The van der Waals surface area contributed by atoms with Gasteiger partial charge in [-0.3, -0.25) is 4.99 Å². The molecule has 2 N–H and O–H groups in total. The van der Waals surface area contributed by atoms with Gasteiger partial charge < -0.3 is 15.1 Å². The molecular formula is C20H21FN4O. The van der Waals surface area contributed by atoms with Crippen LogP contribution in [0.1, 0.15) is 16.8 Å². The number of halogens is 1. The average molecular weight is 352 g/mol. The maximum Gasteiger partial charge on any atom is 0.226 e. The second-order valence-corrected chi connectivity index (χ2v) is 5.92. The smallest absolute Gasteiger partial charge is 0.226 e.